The molecule has 0 saturated heterocycles. The van der Waals surface area contributed by atoms with Gasteiger partial charge in [-0.2, -0.15) is 0 Å². The van der Waals surface area contributed by atoms with Gasteiger partial charge in [0.15, 0.2) is 0 Å². The van der Waals surface area contributed by atoms with Crippen molar-refractivity contribution < 1.29 is 4.74 Å². The van der Waals surface area contributed by atoms with Crippen molar-refractivity contribution in [3.05, 3.63) is 141 Å². The van der Waals surface area contributed by atoms with Gasteiger partial charge in [0.05, 0.1) is 6.61 Å². The zero-order chi connectivity index (χ0) is 20.1. The minimum atomic E-state index is -0.700. The SMILES string of the molecule is Cc1ccc(COC(c2ccccc2)(c2ccccc2)c2ccccc2)c(Br)c1. The van der Waals surface area contributed by atoms with Gasteiger partial charge in [-0.25, -0.2) is 0 Å². The molecule has 0 fully saturated rings. The lowest BCUT2D eigenvalue weighted by Gasteiger charge is -2.36. The molecule has 4 rings (SSSR count). The zero-order valence-electron chi connectivity index (χ0n) is 16.4. The normalized spacial score (nSPS) is 11.4. The lowest BCUT2D eigenvalue weighted by molar-refractivity contribution is -0.0000290. The van der Waals surface area contributed by atoms with Crippen LogP contribution in [0, 0.1) is 6.92 Å². The topological polar surface area (TPSA) is 9.23 Å². The molecule has 0 heterocycles. The third-order valence-corrected chi connectivity index (χ3v) is 5.93. The van der Waals surface area contributed by atoms with Crippen molar-refractivity contribution in [2.75, 3.05) is 0 Å². The second kappa shape index (κ2) is 8.77. The van der Waals surface area contributed by atoms with Crippen LogP contribution >= 0.6 is 15.9 Å². The van der Waals surface area contributed by atoms with Crippen molar-refractivity contribution in [2.24, 2.45) is 0 Å². The van der Waals surface area contributed by atoms with E-state index >= 15 is 0 Å². The average molecular weight is 443 g/mol. The second-order valence-corrected chi connectivity index (χ2v) is 8.02. The van der Waals surface area contributed by atoms with E-state index < -0.39 is 5.60 Å². The molecule has 144 valence electrons. The Labute approximate surface area is 181 Å². The summed E-state index contributed by atoms with van der Waals surface area (Å²) in [5.41, 5.74) is 4.99. The number of halogens is 1. The van der Waals surface area contributed by atoms with Crippen molar-refractivity contribution in [2.45, 2.75) is 19.1 Å². The van der Waals surface area contributed by atoms with E-state index in [0.717, 1.165) is 26.7 Å². The third-order valence-electron chi connectivity index (χ3n) is 5.19. The number of rotatable bonds is 6. The molecule has 0 radical (unpaired) electrons. The molecule has 0 unspecified atom stereocenters. The molecule has 0 aliphatic heterocycles. The molecule has 2 heteroatoms. The molecule has 0 aliphatic rings. The van der Waals surface area contributed by atoms with Crippen LogP contribution in [0.15, 0.2) is 114 Å². The number of hydrogen-bond acceptors (Lipinski definition) is 1. The van der Waals surface area contributed by atoms with Crippen LogP contribution in [-0.4, -0.2) is 0 Å². The molecule has 0 atom stereocenters. The largest absolute Gasteiger partial charge is 0.356 e. The van der Waals surface area contributed by atoms with Crippen molar-refractivity contribution in [3.8, 4) is 0 Å². The van der Waals surface area contributed by atoms with Crippen LogP contribution < -0.4 is 0 Å². The third kappa shape index (κ3) is 4.05. The van der Waals surface area contributed by atoms with Gasteiger partial charge in [-0.3, -0.25) is 0 Å². The summed E-state index contributed by atoms with van der Waals surface area (Å²) >= 11 is 3.70. The van der Waals surface area contributed by atoms with Gasteiger partial charge in [0.2, 0.25) is 0 Å². The van der Waals surface area contributed by atoms with Gasteiger partial charge in [0.1, 0.15) is 5.60 Å². The summed E-state index contributed by atoms with van der Waals surface area (Å²) in [5.74, 6) is 0. The van der Waals surface area contributed by atoms with Gasteiger partial charge in [0, 0.05) is 4.47 Å². The molecule has 0 aromatic heterocycles. The molecule has 0 aliphatic carbocycles. The lowest BCUT2D eigenvalue weighted by Crippen LogP contribution is -2.32. The Hall–Kier alpha value is -2.68. The molecule has 0 spiro atoms. The molecule has 4 aromatic carbocycles. The number of ether oxygens (including phenoxy) is 1. The van der Waals surface area contributed by atoms with Crippen LogP contribution in [-0.2, 0) is 16.9 Å². The summed E-state index contributed by atoms with van der Waals surface area (Å²) in [7, 11) is 0. The van der Waals surface area contributed by atoms with E-state index in [9.17, 15) is 0 Å². The Morgan fingerprint density at radius 2 is 1.10 bits per heavy atom. The van der Waals surface area contributed by atoms with Gasteiger partial charge in [-0.15, -0.1) is 0 Å². The summed E-state index contributed by atoms with van der Waals surface area (Å²) in [6.07, 6.45) is 0. The highest BCUT2D eigenvalue weighted by Crippen LogP contribution is 2.41. The fourth-order valence-corrected chi connectivity index (χ4v) is 4.33. The molecular formula is C27H23BrO. The Balaban J connectivity index is 1.88. The molecule has 0 N–H and O–H groups in total. The maximum Gasteiger partial charge on any atom is 0.144 e. The molecule has 0 bridgehead atoms. The van der Waals surface area contributed by atoms with E-state index in [0.29, 0.717) is 6.61 Å². The molecule has 29 heavy (non-hydrogen) atoms. The van der Waals surface area contributed by atoms with Crippen LogP contribution in [0.1, 0.15) is 27.8 Å². The van der Waals surface area contributed by atoms with Gasteiger partial charge in [0.25, 0.3) is 0 Å². The van der Waals surface area contributed by atoms with E-state index in [1.807, 2.05) is 18.2 Å². The van der Waals surface area contributed by atoms with Crippen molar-refractivity contribution in [1.29, 1.82) is 0 Å². The summed E-state index contributed by atoms with van der Waals surface area (Å²) in [6, 6.07) is 37.8. The Morgan fingerprint density at radius 3 is 1.52 bits per heavy atom. The smallest absolute Gasteiger partial charge is 0.144 e. The first-order chi connectivity index (χ1) is 14.2. The van der Waals surface area contributed by atoms with Gasteiger partial charge in [-0.1, -0.05) is 119 Å². The highest BCUT2D eigenvalue weighted by molar-refractivity contribution is 9.10. The highest BCUT2D eigenvalue weighted by Gasteiger charge is 2.37. The summed E-state index contributed by atoms with van der Waals surface area (Å²) in [5, 5.41) is 0. The van der Waals surface area contributed by atoms with Crippen LogP contribution in [0.3, 0.4) is 0 Å². The van der Waals surface area contributed by atoms with Crippen molar-refractivity contribution in [1.82, 2.24) is 0 Å². The molecule has 0 saturated carbocycles. The predicted octanol–water partition coefficient (Wildman–Crippen LogP) is 7.27. The summed E-state index contributed by atoms with van der Waals surface area (Å²) in [4.78, 5) is 0. The lowest BCUT2D eigenvalue weighted by atomic mass is 9.80. The van der Waals surface area contributed by atoms with Crippen LogP contribution in [0.2, 0.25) is 0 Å². The Kier molecular flexibility index (Phi) is 5.94. The molecular weight excluding hydrogens is 420 g/mol. The van der Waals surface area contributed by atoms with E-state index in [4.69, 9.17) is 4.74 Å². The number of aryl methyl sites for hydroxylation is 1. The standard InChI is InChI=1S/C27H23BrO/c1-21-17-18-22(26(28)19-21)20-29-27(23-11-5-2-6-12-23,24-13-7-3-8-14-24)25-15-9-4-10-16-25/h2-19H,20H2,1H3. The fraction of sp³-hybridized carbons (Fsp3) is 0.111. The van der Waals surface area contributed by atoms with Crippen LogP contribution in [0.4, 0.5) is 0 Å². The quantitative estimate of drug-likeness (QED) is 0.285. The van der Waals surface area contributed by atoms with Gasteiger partial charge in [-0.05, 0) is 40.8 Å². The minimum Gasteiger partial charge on any atom is -0.356 e. The second-order valence-electron chi connectivity index (χ2n) is 7.16. The minimum absolute atomic E-state index is 0.486. The first-order valence-electron chi connectivity index (χ1n) is 9.76. The number of hydrogen-bond donors (Lipinski definition) is 0. The average Bonchev–Trinajstić information content (AvgIpc) is 2.78. The van der Waals surface area contributed by atoms with Crippen LogP contribution in [0.25, 0.3) is 0 Å². The van der Waals surface area contributed by atoms with E-state index in [-0.39, 0.29) is 0 Å². The van der Waals surface area contributed by atoms with E-state index in [1.165, 1.54) is 5.56 Å². The molecule has 1 nitrogen and oxygen atoms in total. The van der Waals surface area contributed by atoms with Gasteiger partial charge >= 0.3 is 0 Å². The summed E-state index contributed by atoms with van der Waals surface area (Å²) < 4.78 is 7.93. The number of benzene rings is 4. The maximum atomic E-state index is 6.86. The van der Waals surface area contributed by atoms with Crippen molar-refractivity contribution >= 4 is 15.9 Å². The van der Waals surface area contributed by atoms with Crippen molar-refractivity contribution in [3.63, 3.8) is 0 Å². The Morgan fingerprint density at radius 1 is 0.655 bits per heavy atom. The first-order valence-corrected chi connectivity index (χ1v) is 10.5. The highest BCUT2D eigenvalue weighted by atomic mass is 79.9. The van der Waals surface area contributed by atoms with Crippen LogP contribution in [0.5, 0.6) is 0 Å². The zero-order valence-corrected chi connectivity index (χ0v) is 18.0. The summed E-state index contributed by atoms with van der Waals surface area (Å²) in [6.45, 7) is 2.58. The fourth-order valence-electron chi connectivity index (χ4n) is 3.72. The molecule has 0 amide bonds. The first kappa shape index (κ1) is 19.6. The monoisotopic (exact) mass is 442 g/mol. The van der Waals surface area contributed by atoms with Gasteiger partial charge < -0.3 is 4.74 Å². The molecule has 4 aromatic rings. The van der Waals surface area contributed by atoms with E-state index in [1.54, 1.807) is 0 Å². The Bertz CT molecular complexity index is 963. The maximum absolute atomic E-state index is 6.86. The predicted molar refractivity (Wildman–Crippen MR) is 123 cm³/mol. The van der Waals surface area contributed by atoms with E-state index in [2.05, 4.69) is 114 Å².